The molecule has 2 heterocycles. The van der Waals surface area contributed by atoms with E-state index in [0.717, 1.165) is 19.3 Å². The molecule has 0 bridgehead atoms. The fourth-order valence-electron chi connectivity index (χ4n) is 2.99. The molecule has 3 atom stereocenters. The fraction of sp³-hybridized carbons (Fsp3) is 0.846. The Labute approximate surface area is 117 Å². The van der Waals surface area contributed by atoms with E-state index in [1.807, 2.05) is 6.92 Å². The van der Waals surface area contributed by atoms with E-state index < -0.39 is 6.10 Å². The van der Waals surface area contributed by atoms with Crippen LogP contribution < -0.4 is 5.32 Å². The van der Waals surface area contributed by atoms with Crippen LogP contribution in [0.15, 0.2) is 0 Å². The van der Waals surface area contributed by atoms with Gasteiger partial charge in [-0.3, -0.25) is 9.59 Å². The minimum Gasteiger partial charge on any atom is -0.391 e. The molecule has 1 saturated carbocycles. The quantitative estimate of drug-likeness (QED) is 0.780. The molecule has 5 nitrogen and oxygen atoms in total. The van der Waals surface area contributed by atoms with Crippen LogP contribution in [0.3, 0.4) is 0 Å². The van der Waals surface area contributed by atoms with Crippen molar-refractivity contribution in [1.82, 2.24) is 10.2 Å². The first-order chi connectivity index (χ1) is 9.01. The summed E-state index contributed by atoms with van der Waals surface area (Å²) in [7, 11) is 0. The largest absolute Gasteiger partial charge is 0.391 e. The third-order valence-corrected chi connectivity index (χ3v) is 5.90. The third kappa shape index (κ3) is 2.36. The number of carbonyl (C=O) groups is 2. The number of hydrogen-bond donors (Lipinski definition) is 2. The van der Waals surface area contributed by atoms with Crippen LogP contribution in [0, 0.1) is 5.92 Å². The summed E-state index contributed by atoms with van der Waals surface area (Å²) >= 11 is 1.69. The van der Waals surface area contributed by atoms with Gasteiger partial charge in [-0.25, -0.2) is 0 Å². The smallest absolute Gasteiger partial charge is 0.243 e. The van der Waals surface area contributed by atoms with Gasteiger partial charge in [0.2, 0.25) is 11.8 Å². The van der Waals surface area contributed by atoms with Crippen molar-refractivity contribution < 1.29 is 14.7 Å². The average molecular weight is 284 g/mol. The lowest BCUT2D eigenvalue weighted by Gasteiger charge is -2.30. The molecule has 2 N–H and O–H groups in total. The molecule has 0 aromatic heterocycles. The molecule has 19 heavy (non-hydrogen) atoms. The summed E-state index contributed by atoms with van der Waals surface area (Å²) in [6.45, 7) is 2.35. The topological polar surface area (TPSA) is 69.6 Å². The summed E-state index contributed by atoms with van der Waals surface area (Å²) in [5.41, 5.74) is 0. The maximum atomic E-state index is 12.2. The van der Waals surface area contributed by atoms with E-state index in [-0.39, 0.29) is 22.7 Å². The number of carbonyl (C=O) groups excluding carboxylic acids is 2. The SMILES string of the molecule is CC12CCC(=O)N1C(C(=O)NCC(O)C1CC1)CS2. The summed E-state index contributed by atoms with van der Waals surface area (Å²) in [6.07, 6.45) is 3.04. The first-order valence-electron chi connectivity index (χ1n) is 6.93. The van der Waals surface area contributed by atoms with Crippen LogP contribution in [0.5, 0.6) is 0 Å². The van der Waals surface area contributed by atoms with Crippen LogP contribution in [0.25, 0.3) is 0 Å². The van der Waals surface area contributed by atoms with Gasteiger partial charge < -0.3 is 15.3 Å². The highest BCUT2D eigenvalue weighted by molar-refractivity contribution is 8.01. The second-order valence-corrected chi connectivity index (χ2v) is 7.42. The molecule has 2 amide bonds. The molecule has 0 aromatic carbocycles. The van der Waals surface area contributed by atoms with Gasteiger partial charge in [0.25, 0.3) is 0 Å². The molecule has 3 fully saturated rings. The van der Waals surface area contributed by atoms with Crippen molar-refractivity contribution in [2.75, 3.05) is 12.3 Å². The zero-order chi connectivity index (χ0) is 13.6. The molecular formula is C13H20N2O3S. The monoisotopic (exact) mass is 284 g/mol. The van der Waals surface area contributed by atoms with Crippen LogP contribution >= 0.6 is 11.8 Å². The summed E-state index contributed by atoms with van der Waals surface area (Å²) in [6, 6.07) is -0.364. The third-order valence-electron chi connectivity index (χ3n) is 4.40. The Morgan fingerprint density at radius 1 is 1.63 bits per heavy atom. The number of amides is 2. The normalized spacial score (nSPS) is 35.4. The molecule has 3 unspecified atom stereocenters. The molecule has 0 spiro atoms. The lowest BCUT2D eigenvalue weighted by atomic mass is 10.2. The van der Waals surface area contributed by atoms with E-state index >= 15 is 0 Å². The minimum atomic E-state index is -0.432. The van der Waals surface area contributed by atoms with Crippen molar-refractivity contribution in [1.29, 1.82) is 0 Å². The predicted molar refractivity (Wildman–Crippen MR) is 72.5 cm³/mol. The van der Waals surface area contributed by atoms with Gasteiger partial charge in [-0.1, -0.05) is 0 Å². The van der Waals surface area contributed by atoms with Gasteiger partial charge in [0.05, 0.1) is 11.0 Å². The maximum absolute atomic E-state index is 12.2. The molecule has 1 aliphatic carbocycles. The number of thioether (sulfide) groups is 1. The van der Waals surface area contributed by atoms with Gasteiger partial charge in [-0.05, 0) is 32.1 Å². The zero-order valence-corrected chi connectivity index (χ0v) is 11.9. The molecule has 2 saturated heterocycles. The molecule has 6 heteroatoms. The van der Waals surface area contributed by atoms with E-state index in [1.54, 1.807) is 16.7 Å². The highest BCUT2D eigenvalue weighted by atomic mass is 32.2. The van der Waals surface area contributed by atoms with Gasteiger partial charge in [0, 0.05) is 18.7 Å². The van der Waals surface area contributed by atoms with Crippen LogP contribution in [-0.4, -0.2) is 51.1 Å². The van der Waals surface area contributed by atoms with Crippen molar-refractivity contribution in [3.8, 4) is 0 Å². The van der Waals surface area contributed by atoms with Gasteiger partial charge in [0.1, 0.15) is 6.04 Å². The Hall–Kier alpha value is -0.750. The highest BCUT2D eigenvalue weighted by Gasteiger charge is 2.52. The number of fused-ring (bicyclic) bond motifs is 1. The number of rotatable bonds is 4. The van der Waals surface area contributed by atoms with Crippen LogP contribution in [0.4, 0.5) is 0 Å². The van der Waals surface area contributed by atoms with E-state index in [9.17, 15) is 14.7 Å². The average Bonchev–Trinajstić information content (AvgIpc) is 3.11. The zero-order valence-electron chi connectivity index (χ0n) is 11.1. The molecule has 0 radical (unpaired) electrons. The lowest BCUT2D eigenvalue weighted by Crippen LogP contribution is -2.51. The Morgan fingerprint density at radius 2 is 2.37 bits per heavy atom. The van der Waals surface area contributed by atoms with E-state index in [1.165, 1.54) is 0 Å². The van der Waals surface area contributed by atoms with Crippen molar-refractivity contribution in [3.63, 3.8) is 0 Å². The Kier molecular flexibility index (Phi) is 3.25. The van der Waals surface area contributed by atoms with Crippen molar-refractivity contribution in [3.05, 3.63) is 0 Å². The van der Waals surface area contributed by atoms with Gasteiger partial charge in [-0.2, -0.15) is 0 Å². The van der Waals surface area contributed by atoms with Crippen molar-refractivity contribution in [2.45, 2.75) is 49.6 Å². The number of nitrogens with one attached hydrogen (secondary N) is 1. The molecule has 2 aliphatic heterocycles. The van der Waals surface area contributed by atoms with Crippen LogP contribution in [0.2, 0.25) is 0 Å². The number of hydrogen-bond acceptors (Lipinski definition) is 4. The van der Waals surface area contributed by atoms with Crippen molar-refractivity contribution >= 4 is 23.6 Å². The van der Waals surface area contributed by atoms with E-state index in [0.29, 0.717) is 24.6 Å². The first-order valence-corrected chi connectivity index (χ1v) is 7.92. The summed E-state index contributed by atoms with van der Waals surface area (Å²) in [5, 5.41) is 12.6. The van der Waals surface area contributed by atoms with Crippen LogP contribution in [-0.2, 0) is 9.59 Å². The van der Waals surface area contributed by atoms with E-state index in [4.69, 9.17) is 0 Å². The summed E-state index contributed by atoms with van der Waals surface area (Å²) in [5.74, 6) is 0.978. The molecule has 3 rings (SSSR count). The number of nitrogens with zero attached hydrogens (tertiary/aromatic N) is 1. The standard InChI is InChI=1S/C13H20N2O3S/c1-13-5-4-11(17)15(13)9(7-19-13)12(18)14-6-10(16)8-2-3-8/h8-10,16H,2-7H2,1H3,(H,14,18). The maximum Gasteiger partial charge on any atom is 0.243 e. The highest BCUT2D eigenvalue weighted by Crippen LogP contribution is 2.47. The number of aliphatic hydroxyl groups is 1. The summed E-state index contributed by atoms with van der Waals surface area (Å²) in [4.78, 5) is 25.7. The minimum absolute atomic E-state index is 0.0791. The Balaban J connectivity index is 1.59. The molecule has 106 valence electrons. The first kappa shape index (κ1) is 13.2. The molecule has 0 aromatic rings. The Morgan fingerprint density at radius 3 is 3.05 bits per heavy atom. The molecular weight excluding hydrogens is 264 g/mol. The Bertz CT molecular complexity index is 413. The van der Waals surface area contributed by atoms with Gasteiger partial charge in [0.15, 0.2) is 0 Å². The fourth-order valence-corrected chi connectivity index (χ4v) is 4.42. The second-order valence-electron chi connectivity index (χ2n) is 5.92. The van der Waals surface area contributed by atoms with Crippen molar-refractivity contribution in [2.24, 2.45) is 5.92 Å². The lowest BCUT2D eigenvalue weighted by molar-refractivity contribution is -0.138. The van der Waals surface area contributed by atoms with Gasteiger partial charge in [-0.15, -0.1) is 11.8 Å². The van der Waals surface area contributed by atoms with Gasteiger partial charge >= 0.3 is 0 Å². The van der Waals surface area contributed by atoms with E-state index in [2.05, 4.69) is 5.32 Å². The predicted octanol–water partition coefficient (Wildman–Crippen LogP) is 0.328. The molecule has 3 aliphatic rings. The second kappa shape index (κ2) is 4.66. The summed E-state index contributed by atoms with van der Waals surface area (Å²) < 4.78 is 0. The van der Waals surface area contributed by atoms with Crippen LogP contribution in [0.1, 0.15) is 32.6 Å². The number of aliphatic hydroxyl groups excluding tert-OH is 1.